The molecular formula is C22H21N7O2. The molecule has 1 amide bonds. The van der Waals surface area contributed by atoms with Gasteiger partial charge >= 0.3 is 0 Å². The van der Waals surface area contributed by atoms with Crippen LogP contribution in [-0.4, -0.2) is 62.8 Å². The van der Waals surface area contributed by atoms with E-state index in [9.17, 15) is 10.1 Å². The number of hydrogen-bond acceptors (Lipinski definition) is 7. The van der Waals surface area contributed by atoms with E-state index >= 15 is 0 Å². The maximum Gasteiger partial charge on any atom is 0.272 e. The minimum Gasteiger partial charge on any atom is -0.492 e. The van der Waals surface area contributed by atoms with E-state index in [-0.39, 0.29) is 18.0 Å². The Morgan fingerprint density at radius 1 is 1.10 bits per heavy atom. The van der Waals surface area contributed by atoms with Crippen LogP contribution in [0.25, 0.3) is 5.82 Å². The fourth-order valence-electron chi connectivity index (χ4n) is 4.61. The molecule has 2 fully saturated rings. The molecule has 0 radical (unpaired) electrons. The number of carbonyl (C=O) groups excluding carboxylic acids is 1. The molecule has 0 spiro atoms. The van der Waals surface area contributed by atoms with Crippen LogP contribution in [0.1, 0.15) is 28.9 Å². The summed E-state index contributed by atoms with van der Waals surface area (Å²) in [6.07, 6.45) is 6.85. The van der Waals surface area contributed by atoms with Crippen molar-refractivity contribution in [3.63, 3.8) is 0 Å². The van der Waals surface area contributed by atoms with Crippen molar-refractivity contribution in [1.82, 2.24) is 24.6 Å². The third-order valence-electron chi connectivity index (χ3n) is 5.95. The molecule has 9 nitrogen and oxygen atoms in total. The van der Waals surface area contributed by atoms with Gasteiger partial charge in [-0.25, -0.2) is 14.6 Å². The molecule has 156 valence electrons. The lowest BCUT2D eigenvalue weighted by molar-refractivity contribution is 0.0708. The largest absolute Gasteiger partial charge is 0.492 e. The fraction of sp³-hybridized carbons (Fsp3) is 0.318. The van der Waals surface area contributed by atoms with Gasteiger partial charge in [0.2, 0.25) is 0 Å². The SMILES string of the molecule is COc1c(C#N)ccnc1N1C2CCC1CN(C(=O)c1ccnn1-c1ccccn1)C2. The average Bonchev–Trinajstić information content (AvgIpc) is 3.40. The Morgan fingerprint density at radius 2 is 1.90 bits per heavy atom. The van der Waals surface area contributed by atoms with Gasteiger partial charge in [0.1, 0.15) is 11.8 Å². The Hall–Kier alpha value is -3.93. The van der Waals surface area contributed by atoms with Crippen molar-refractivity contribution in [2.24, 2.45) is 0 Å². The average molecular weight is 415 g/mol. The quantitative estimate of drug-likeness (QED) is 0.643. The highest BCUT2D eigenvalue weighted by Crippen LogP contribution is 2.39. The van der Waals surface area contributed by atoms with Gasteiger partial charge in [-0.3, -0.25) is 4.79 Å². The van der Waals surface area contributed by atoms with Crippen LogP contribution in [-0.2, 0) is 0 Å². The number of piperazine rings is 1. The molecule has 2 aliphatic rings. The molecular weight excluding hydrogens is 394 g/mol. The van der Waals surface area contributed by atoms with Gasteiger partial charge in [-0.1, -0.05) is 6.07 Å². The van der Waals surface area contributed by atoms with E-state index in [0.29, 0.717) is 41.7 Å². The van der Waals surface area contributed by atoms with Crippen LogP contribution in [0.2, 0.25) is 0 Å². The lowest BCUT2D eigenvalue weighted by Gasteiger charge is -2.42. The van der Waals surface area contributed by atoms with Crippen LogP contribution in [0, 0.1) is 11.3 Å². The van der Waals surface area contributed by atoms with Gasteiger partial charge in [0, 0.05) is 37.6 Å². The van der Waals surface area contributed by atoms with Crippen LogP contribution in [0.4, 0.5) is 5.82 Å². The number of fused-ring (bicyclic) bond motifs is 2. The normalized spacial score (nSPS) is 19.9. The molecule has 3 aromatic heterocycles. The second-order valence-electron chi connectivity index (χ2n) is 7.65. The van der Waals surface area contributed by atoms with E-state index in [0.717, 1.165) is 12.8 Å². The molecule has 0 aromatic carbocycles. The number of amides is 1. The Balaban J connectivity index is 1.41. The topological polar surface area (TPSA) is 100 Å². The summed E-state index contributed by atoms with van der Waals surface area (Å²) in [7, 11) is 1.56. The molecule has 2 saturated heterocycles. The third kappa shape index (κ3) is 3.17. The molecule has 2 unspecified atom stereocenters. The fourth-order valence-corrected chi connectivity index (χ4v) is 4.61. The van der Waals surface area contributed by atoms with Crippen molar-refractivity contribution in [3.8, 4) is 17.6 Å². The molecule has 0 saturated carbocycles. The Morgan fingerprint density at radius 3 is 2.58 bits per heavy atom. The van der Waals surface area contributed by atoms with E-state index < -0.39 is 0 Å². The third-order valence-corrected chi connectivity index (χ3v) is 5.95. The van der Waals surface area contributed by atoms with Crippen molar-refractivity contribution >= 4 is 11.7 Å². The van der Waals surface area contributed by atoms with Crippen molar-refractivity contribution in [1.29, 1.82) is 5.26 Å². The van der Waals surface area contributed by atoms with Gasteiger partial charge in [-0.05, 0) is 37.1 Å². The number of aromatic nitrogens is 4. The number of likely N-dealkylation sites (tertiary alicyclic amines) is 1. The second kappa shape index (κ2) is 7.72. The lowest BCUT2D eigenvalue weighted by atomic mass is 10.1. The molecule has 5 heterocycles. The molecule has 0 N–H and O–H groups in total. The van der Waals surface area contributed by atoms with Crippen molar-refractivity contribution in [3.05, 3.63) is 60.2 Å². The molecule has 2 bridgehead atoms. The number of pyridine rings is 2. The molecule has 31 heavy (non-hydrogen) atoms. The number of anilines is 1. The number of ether oxygens (including phenoxy) is 1. The number of carbonyl (C=O) groups is 1. The minimum atomic E-state index is -0.0644. The Labute approximate surface area is 179 Å². The van der Waals surface area contributed by atoms with Crippen LogP contribution in [0.15, 0.2) is 48.9 Å². The van der Waals surface area contributed by atoms with Gasteiger partial charge < -0.3 is 14.5 Å². The number of hydrogen-bond donors (Lipinski definition) is 0. The summed E-state index contributed by atoms with van der Waals surface area (Å²) >= 11 is 0. The van der Waals surface area contributed by atoms with Crippen molar-refractivity contribution in [2.75, 3.05) is 25.1 Å². The summed E-state index contributed by atoms with van der Waals surface area (Å²) in [6, 6.07) is 11.3. The van der Waals surface area contributed by atoms with Crippen LogP contribution in [0.5, 0.6) is 5.75 Å². The predicted molar refractivity (Wildman–Crippen MR) is 112 cm³/mol. The minimum absolute atomic E-state index is 0.0644. The zero-order valence-corrected chi connectivity index (χ0v) is 17.0. The first kappa shape index (κ1) is 19.1. The first-order valence-electron chi connectivity index (χ1n) is 10.2. The highest BCUT2D eigenvalue weighted by atomic mass is 16.5. The molecule has 2 atom stereocenters. The van der Waals surface area contributed by atoms with Crippen molar-refractivity contribution < 1.29 is 9.53 Å². The number of nitriles is 1. The van der Waals surface area contributed by atoms with E-state index in [2.05, 4.69) is 26.0 Å². The first-order chi connectivity index (χ1) is 15.2. The standard InChI is InChI=1S/C22H21N7O2/c1-31-20-15(12-23)7-10-25-21(20)28-16-5-6-17(28)14-27(13-16)22(30)18-8-11-26-29(18)19-4-2-3-9-24-19/h2-4,7-11,16-17H,5-6,13-14H2,1H3. The van der Waals surface area contributed by atoms with Gasteiger partial charge in [0.25, 0.3) is 5.91 Å². The number of nitrogens with zero attached hydrogens (tertiary/aromatic N) is 7. The van der Waals surface area contributed by atoms with E-state index in [1.807, 2.05) is 23.1 Å². The molecule has 2 aliphatic heterocycles. The van der Waals surface area contributed by atoms with E-state index in [1.165, 1.54) is 0 Å². The summed E-state index contributed by atoms with van der Waals surface area (Å²) in [5.74, 6) is 1.72. The van der Waals surface area contributed by atoms with Crippen LogP contribution in [0.3, 0.4) is 0 Å². The first-order valence-corrected chi connectivity index (χ1v) is 10.2. The molecule has 5 rings (SSSR count). The second-order valence-corrected chi connectivity index (χ2v) is 7.65. The summed E-state index contributed by atoms with van der Waals surface area (Å²) in [5.41, 5.74) is 0.957. The van der Waals surface area contributed by atoms with Gasteiger partial charge in [0.15, 0.2) is 17.4 Å². The summed E-state index contributed by atoms with van der Waals surface area (Å²) in [6.45, 7) is 1.15. The lowest BCUT2D eigenvalue weighted by Crippen LogP contribution is -2.56. The van der Waals surface area contributed by atoms with Crippen LogP contribution < -0.4 is 9.64 Å². The zero-order chi connectivity index (χ0) is 21.4. The summed E-state index contributed by atoms with van der Waals surface area (Å²) in [4.78, 5) is 26.3. The predicted octanol–water partition coefficient (Wildman–Crippen LogP) is 2.04. The van der Waals surface area contributed by atoms with Crippen LogP contribution >= 0.6 is 0 Å². The molecule has 3 aromatic rings. The monoisotopic (exact) mass is 415 g/mol. The number of methoxy groups -OCH3 is 1. The van der Waals surface area contributed by atoms with E-state index in [1.54, 1.807) is 42.5 Å². The molecule has 0 aliphatic carbocycles. The Kier molecular flexibility index (Phi) is 4.75. The maximum absolute atomic E-state index is 13.4. The highest BCUT2D eigenvalue weighted by Gasteiger charge is 2.43. The zero-order valence-electron chi connectivity index (χ0n) is 17.0. The smallest absolute Gasteiger partial charge is 0.272 e. The van der Waals surface area contributed by atoms with Gasteiger partial charge in [-0.15, -0.1) is 0 Å². The summed E-state index contributed by atoms with van der Waals surface area (Å²) < 4.78 is 7.10. The number of rotatable bonds is 4. The summed E-state index contributed by atoms with van der Waals surface area (Å²) in [5, 5.41) is 13.7. The maximum atomic E-state index is 13.4. The highest BCUT2D eigenvalue weighted by molar-refractivity contribution is 5.93. The van der Waals surface area contributed by atoms with Gasteiger partial charge in [0.05, 0.1) is 18.9 Å². The Bertz CT molecular complexity index is 1140. The molecule has 9 heteroatoms. The van der Waals surface area contributed by atoms with E-state index in [4.69, 9.17) is 4.74 Å². The van der Waals surface area contributed by atoms with Gasteiger partial charge in [-0.2, -0.15) is 10.4 Å². The van der Waals surface area contributed by atoms with Crippen molar-refractivity contribution in [2.45, 2.75) is 24.9 Å².